The highest BCUT2D eigenvalue weighted by atomic mass is 15.0. The summed E-state index contributed by atoms with van der Waals surface area (Å²) in [6.45, 7) is 2.10. The lowest BCUT2D eigenvalue weighted by molar-refractivity contribution is 1.02. The number of aryl methyl sites for hydroxylation is 1. The minimum Gasteiger partial charge on any atom is -0.290 e. The molecule has 3 heteroatoms. The Morgan fingerprint density at radius 3 is 3.27 bits per heavy atom. The Bertz CT molecular complexity index is 364. The van der Waals surface area contributed by atoms with Gasteiger partial charge in [-0.1, -0.05) is 6.92 Å². The van der Waals surface area contributed by atoms with E-state index in [1.165, 1.54) is 5.56 Å². The van der Waals surface area contributed by atoms with Crippen molar-refractivity contribution in [2.24, 2.45) is 0 Å². The minimum absolute atomic E-state index is 0.981. The van der Waals surface area contributed by atoms with Gasteiger partial charge in [-0.15, -0.1) is 0 Å². The zero-order chi connectivity index (χ0) is 7.68. The molecule has 56 valence electrons. The van der Waals surface area contributed by atoms with Crippen molar-refractivity contribution in [1.29, 1.82) is 0 Å². The van der Waals surface area contributed by atoms with Crippen LogP contribution in [0.2, 0.25) is 0 Å². The minimum atomic E-state index is 0.981. The molecular formula is C8H9N3. The third-order valence-electron chi connectivity index (χ3n) is 1.76. The van der Waals surface area contributed by atoms with Gasteiger partial charge in [0.2, 0.25) is 0 Å². The van der Waals surface area contributed by atoms with Crippen LogP contribution < -0.4 is 0 Å². The first-order valence-electron chi connectivity index (χ1n) is 3.67. The lowest BCUT2D eigenvalue weighted by atomic mass is 10.2. The molecule has 3 nitrogen and oxygen atoms in total. The molecule has 0 unspecified atom stereocenters. The largest absolute Gasteiger partial charge is 0.290 e. The van der Waals surface area contributed by atoms with Gasteiger partial charge in [-0.2, -0.15) is 0 Å². The van der Waals surface area contributed by atoms with Crippen LogP contribution in [-0.4, -0.2) is 14.4 Å². The lowest BCUT2D eigenvalue weighted by Crippen LogP contribution is -1.91. The van der Waals surface area contributed by atoms with E-state index >= 15 is 0 Å². The first kappa shape index (κ1) is 6.34. The Hall–Kier alpha value is -1.38. The fourth-order valence-corrected chi connectivity index (χ4v) is 1.16. The normalized spacial score (nSPS) is 10.6. The van der Waals surface area contributed by atoms with Crippen LogP contribution in [-0.2, 0) is 6.42 Å². The molecule has 0 amide bonds. The van der Waals surface area contributed by atoms with Gasteiger partial charge in [-0.25, -0.2) is 9.97 Å². The number of hydrogen-bond acceptors (Lipinski definition) is 2. The summed E-state index contributed by atoms with van der Waals surface area (Å²) in [6, 6.07) is 0. The second kappa shape index (κ2) is 2.34. The molecule has 2 aromatic rings. The van der Waals surface area contributed by atoms with E-state index in [1.807, 2.05) is 16.8 Å². The summed E-state index contributed by atoms with van der Waals surface area (Å²) in [4.78, 5) is 8.29. The quantitative estimate of drug-likeness (QED) is 0.608. The third-order valence-corrected chi connectivity index (χ3v) is 1.76. The smallest absolute Gasteiger partial charge is 0.142 e. The molecule has 0 atom stereocenters. The Morgan fingerprint density at radius 2 is 2.45 bits per heavy atom. The molecule has 0 N–H and O–H groups in total. The SMILES string of the molecule is CCc1cncn2ccnc12. The molecule has 0 aliphatic rings. The number of nitrogens with zero attached hydrogens (tertiary/aromatic N) is 3. The molecule has 0 bridgehead atoms. The number of hydrogen-bond donors (Lipinski definition) is 0. The molecule has 0 saturated carbocycles. The number of imidazole rings is 1. The average molecular weight is 147 g/mol. The van der Waals surface area contributed by atoms with Gasteiger partial charge in [0.1, 0.15) is 12.0 Å². The van der Waals surface area contributed by atoms with Crippen molar-refractivity contribution in [1.82, 2.24) is 14.4 Å². The predicted molar refractivity (Wildman–Crippen MR) is 42.4 cm³/mol. The second-order valence-electron chi connectivity index (χ2n) is 2.43. The Morgan fingerprint density at radius 1 is 1.55 bits per heavy atom. The van der Waals surface area contributed by atoms with E-state index in [0.29, 0.717) is 0 Å². The van der Waals surface area contributed by atoms with Crippen molar-refractivity contribution < 1.29 is 0 Å². The zero-order valence-corrected chi connectivity index (χ0v) is 6.36. The van der Waals surface area contributed by atoms with Crippen molar-refractivity contribution in [2.75, 3.05) is 0 Å². The Labute approximate surface area is 64.7 Å². The van der Waals surface area contributed by atoms with Crippen LogP contribution in [0.25, 0.3) is 5.65 Å². The van der Waals surface area contributed by atoms with E-state index in [-0.39, 0.29) is 0 Å². The van der Waals surface area contributed by atoms with Crippen LogP contribution in [0.15, 0.2) is 24.9 Å². The molecule has 0 aliphatic carbocycles. The summed E-state index contributed by atoms with van der Waals surface area (Å²) in [6.07, 6.45) is 8.30. The number of fused-ring (bicyclic) bond motifs is 1. The van der Waals surface area contributed by atoms with Crippen LogP contribution in [0.1, 0.15) is 12.5 Å². The predicted octanol–water partition coefficient (Wildman–Crippen LogP) is 1.29. The van der Waals surface area contributed by atoms with Crippen LogP contribution in [0.4, 0.5) is 0 Å². The first-order chi connectivity index (χ1) is 5.42. The molecule has 0 fully saturated rings. The number of aromatic nitrogens is 3. The standard InChI is InChI=1S/C8H9N3/c1-2-7-5-9-6-11-4-3-10-8(7)11/h3-6H,2H2,1H3. The van der Waals surface area contributed by atoms with Crippen molar-refractivity contribution in [3.8, 4) is 0 Å². The maximum atomic E-state index is 4.21. The van der Waals surface area contributed by atoms with Crippen LogP contribution >= 0.6 is 0 Å². The number of rotatable bonds is 1. The van der Waals surface area contributed by atoms with Gasteiger partial charge in [0.05, 0.1) is 0 Å². The maximum absolute atomic E-state index is 4.21. The summed E-state index contributed by atoms with van der Waals surface area (Å²) in [5.41, 5.74) is 2.21. The zero-order valence-electron chi connectivity index (χ0n) is 6.36. The Balaban J connectivity index is 2.79. The van der Waals surface area contributed by atoms with Gasteiger partial charge in [-0.3, -0.25) is 4.40 Å². The molecule has 2 heterocycles. The van der Waals surface area contributed by atoms with Crippen molar-refractivity contribution in [3.05, 3.63) is 30.5 Å². The molecule has 11 heavy (non-hydrogen) atoms. The fourth-order valence-electron chi connectivity index (χ4n) is 1.16. The summed E-state index contributed by atoms with van der Waals surface area (Å²) in [7, 11) is 0. The van der Waals surface area contributed by atoms with E-state index in [4.69, 9.17) is 0 Å². The molecule has 0 aliphatic heterocycles. The molecular weight excluding hydrogens is 138 g/mol. The topological polar surface area (TPSA) is 30.2 Å². The molecule has 0 radical (unpaired) electrons. The van der Waals surface area contributed by atoms with E-state index in [1.54, 1.807) is 12.5 Å². The molecule has 2 rings (SSSR count). The summed E-state index contributed by atoms with van der Waals surface area (Å²) in [5.74, 6) is 0. The van der Waals surface area contributed by atoms with Crippen molar-refractivity contribution in [2.45, 2.75) is 13.3 Å². The van der Waals surface area contributed by atoms with E-state index < -0.39 is 0 Å². The monoisotopic (exact) mass is 147 g/mol. The fraction of sp³-hybridized carbons (Fsp3) is 0.250. The van der Waals surface area contributed by atoms with Gasteiger partial charge in [-0.05, 0) is 6.42 Å². The summed E-state index contributed by atoms with van der Waals surface area (Å²) >= 11 is 0. The lowest BCUT2D eigenvalue weighted by Gasteiger charge is -1.96. The van der Waals surface area contributed by atoms with Crippen LogP contribution in [0.5, 0.6) is 0 Å². The van der Waals surface area contributed by atoms with Gasteiger partial charge in [0.25, 0.3) is 0 Å². The van der Waals surface area contributed by atoms with Gasteiger partial charge in [0.15, 0.2) is 0 Å². The molecule has 0 aromatic carbocycles. The van der Waals surface area contributed by atoms with Crippen LogP contribution in [0, 0.1) is 0 Å². The first-order valence-corrected chi connectivity index (χ1v) is 3.67. The third kappa shape index (κ3) is 0.888. The highest BCUT2D eigenvalue weighted by Gasteiger charge is 1.98. The van der Waals surface area contributed by atoms with Gasteiger partial charge < -0.3 is 0 Å². The molecule has 0 spiro atoms. The second-order valence-corrected chi connectivity index (χ2v) is 2.43. The van der Waals surface area contributed by atoms with E-state index in [9.17, 15) is 0 Å². The maximum Gasteiger partial charge on any atom is 0.142 e. The molecule has 0 saturated heterocycles. The van der Waals surface area contributed by atoms with Crippen molar-refractivity contribution in [3.63, 3.8) is 0 Å². The summed E-state index contributed by atoms with van der Waals surface area (Å²) in [5, 5.41) is 0. The molecule has 2 aromatic heterocycles. The van der Waals surface area contributed by atoms with E-state index in [0.717, 1.165) is 12.1 Å². The van der Waals surface area contributed by atoms with Crippen molar-refractivity contribution >= 4 is 5.65 Å². The summed E-state index contributed by atoms with van der Waals surface area (Å²) < 4.78 is 1.93. The van der Waals surface area contributed by atoms with E-state index in [2.05, 4.69) is 16.9 Å². The highest BCUT2D eigenvalue weighted by molar-refractivity contribution is 5.45. The van der Waals surface area contributed by atoms with Gasteiger partial charge >= 0.3 is 0 Å². The van der Waals surface area contributed by atoms with Gasteiger partial charge in [0, 0.05) is 24.2 Å². The Kier molecular flexibility index (Phi) is 1.35. The average Bonchev–Trinajstić information content (AvgIpc) is 2.50. The van der Waals surface area contributed by atoms with Crippen LogP contribution in [0.3, 0.4) is 0 Å². The highest BCUT2D eigenvalue weighted by Crippen LogP contribution is 2.06.